The zero-order chi connectivity index (χ0) is 22.6. The van der Waals surface area contributed by atoms with Gasteiger partial charge in [-0.15, -0.1) is 0 Å². The highest BCUT2D eigenvalue weighted by molar-refractivity contribution is 8.26. The van der Waals surface area contributed by atoms with Gasteiger partial charge in [-0.1, -0.05) is 103 Å². The van der Waals surface area contributed by atoms with E-state index in [4.69, 9.17) is 17.3 Å². The van der Waals surface area contributed by atoms with E-state index in [1.807, 2.05) is 95.8 Å². The quantitative estimate of drug-likeness (QED) is 0.258. The van der Waals surface area contributed by atoms with Gasteiger partial charge < -0.3 is 0 Å². The minimum atomic E-state index is -0.0487. The summed E-state index contributed by atoms with van der Waals surface area (Å²) < 4.78 is 2.45. The molecular formula is C27H21N3OS2. The van der Waals surface area contributed by atoms with Gasteiger partial charge in [0.05, 0.1) is 16.3 Å². The van der Waals surface area contributed by atoms with Crippen molar-refractivity contribution < 1.29 is 4.79 Å². The van der Waals surface area contributed by atoms with Crippen molar-refractivity contribution in [3.05, 3.63) is 113 Å². The molecule has 0 radical (unpaired) electrons. The van der Waals surface area contributed by atoms with Crippen LogP contribution in [0.3, 0.4) is 0 Å². The van der Waals surface area contributed by atoms with Crippen molar-refractivity contribution in [1.82, 2.24) is 14.7 Å². The lowest BCUT2D eigenvalue weighted by molar-refractivity contribution is -0.122. The molecule has 1 amide bonds. The summed E-state index contributed by atoms with van der Waals surface area (Å²) in [4.78, 5) is 15.5. The summed E-state index contributed by atoms with van der Waals surface area (Å²) in [6.45, 7) is 0.570. The van der Waals surface area contributed by atoms with Crippen molar-refractivity contribution in [1.29, 1.82) is 0 Å². The molecule has 0 atom stereocenters. The number of rotatable bonds is 6. The molecule has 1 aliphatic heterocycles. The van der Waals surface area contributed by atoms with Crippen LogP contribution >= 0.6 is 24.0 Å². The van der Waals surface area contributed by atoms with Crippen LogP contribution in [0.15, 0.2) is 102 Å². The van der Waals surface area contributed by atoms with Gasteiger partial charge in [-0.2, -0.15) is 5.10 Å². The fourth-order valence-corrected chi connectivity index (χ4v) is 5.05. The highest BCUT2D eigenvalue weighted by atomic mass is 32.2. The Kier molecular flexibility index (Phi) is 6.19. The van der Waals surface area contributed by atoms with E-state index in [0.29, 0.717) is 15.8 Å². The van der Waals surface area contributed by atoms with Gasteiger partial charge >= 0.3 is 0 Å². The second-order valence-corrected chi connectivity index (χ2v) is 9.32. The van der Waals surface area contributed by atoms with E-state index >= 15 is 0 Å². The third-order valence-corrected chi connectivity index (χ3v) is 6.82. The van der Waals surface area contributed by atoms with Gasteiger partial charge in [0.2, 0.25) is 0 Å². The maximum atomic E-state index is 13.2. The summed E-state index contributed by atoms with van der Waals surface area (Å²) in [7, 11) is 0. The number of nitrogens with zero attached hydrogens (tertiary/aromatic N) is 3. The molecule has 0 spiro atoms. The molecule has 0 unspecified atom stereocenters. The zero-order valence-corrected chi connectivity index (χ0v) is 19.4. The van der Waals surface area contributed by atoms with Crippen molar-refractivity contribution in [2.75, 3.05) is 6.54 Å². The van der Waals surface area contributed by atoms with Crippen molar-refractivity contribution in [3.63, 3.8) is 0 Å². The first-order chi connectivity index (χ1) is 16.2. The number of thioether (sulfide) groups is 1. The Morgan fingerprint density at radius 3 is 2.21 bits per heavy atom. The molecule has 0 aliphatic carbocycles. The van der Waals surface area contributed by atoms with Crippen LogP contribution in [0, 0.1) is 0 Å². The second-order valence-electron chi connectivity index (χ2n) is 7.65. The number of benzene rings is 3. The fourth-order valence-electron chi connectivity index (χ4n) is 3.75. The number of aromatic nitrogens is 2. The predicted molar refractivity (Wildman–Crippen MR) is 139 cm³/mol. The average molecular weight is 468 g/mol. The number of hydrogen-bond donors (Lipinski definition) is 0. The van der Waals surface area contributed by atoms with Gasteiger partial charge in [0.25, 0.3) is 5.91 Å². The molecule has 1 aliphatic rings. The normalized spacial score (nSPS) is 14.9. The van der Waals surface area contributed by atoms with E-state index in [2.05, 4.69) is 12.1 Å². The highest BCUT2D eigenvalue weighted by Gasteiger charge is 2.32. The minimum absolute atomic E-state index is 0.0487. The summed E-state index contributed by atoms with van der Waals surface area (Å²) in [5, 5.41) is 4.84. The minimum Gasteiger partial charge on any atom is -0.293 e. The van der Waals surface area contributed by atoms with Crippen molar-refractivity contribution in [2.24, 2.45) is 0 Å². The first-order valence-corrected chi connectivity index (χ1v) is 11.9. The van der Waals surface area contributed by atoms with E-state index in [1.165, 1.54) is 17.3 Å². The molecule has 0 saturated carbocycles. The third-order valence-electron chi connectivity index (χ3n) is 5.44. The largest absolute Gasteiger partial charge is 0.293 e. The average Bonchev–Trinajstić information content (AvgIpc) is 3.40. The summed E-state index contributed by atoms with van der Waals surface area (Å²) in [6.07, 6.45) is 4.65. The molecule has 4 aromatic rings. The monoisotopic (exact) mass is 467 g/mol. The van der Waals surface area contributed by atoms with E-state index in [-0.39, 0.29) is 5.91 Å². The molecule has 2 heterocycles. The van der Waals surface area contributed by atoms with E-state index in [9.17, 15) is 4.79 Å². The van der Waals surface area contributed by atoms with Crippen LogP contribution in [-0.4, -0.2) is 31.5 Å². The van der Waals surface area contributed by atoms with Gasteiger partial charge in [0, 0.05) is 23.9 Å². The van der Waals surface area contributed by atoms with Crippen LogP contribution < -0.4 is 0 Å². The molecule has 0 N–H and O–H groups in total. The van der Waals surface area contributed by atoms with E-state index < -0.39 is 0 Å². The SMILES string of the molecule is O=C1C(=Cc2cn(-c3ccccc3)nc2-c2ccccc2)SC(=S)N1CCc1ccccc1. The Morgan fingerprint density at radius 2 is 1.52 bits per heavy atom. The number of carbonyl (C=O) groups excluding carboxylic acids is 1. The summed E-state index contributed by atoms with van der Waals surface area (Å²) >= 11 is 6.89. The maximum absolute atomic E-state index is 13.2. The summed E-state index contributed by atoms with van der Waals surface area (Å²) in [6, 6.07) is 30.1. The Balaban J connectivity index is 1.46. The van der Waals surface area contributed by atoms with E-state index in [1.54, 1.807) is 4.90 Å². The van der Waals surface area contributed by atoms with Gasteiger partial charge in [0.15, 0.2) is 0 Å². The summed E-state index contributed by atoms with van der Waals surface area (Å²) in [5.74, 6) is -0.0487. The molecular weight excluding hydrogens is 446 g/mol. The Bertz CT molecular complexity index is 1320. The fraction of sp³-hybridized carbons (Fsp3) is 0.0741. The second kappa shape index (κ2) is 9.57. The highest BCUT2D eigenvalue weighted by Crippen LogP contribution is 2.35. The summed E-state index contributed by atoms with van der Waals surface area (Å²) in [5.41, 5.74) is 4.86. The van der Waals surface area contributed by atoms with Crippen molar-refractivity contribution in [2.45, 2.75) is 6.42 Å². The first kappa shape index (κ1) is 21.4. The standard InChI is InChI=1S/C27H21N3OS2/c31-26-24(33-27(32)29(26)17-16-20-10-4-1-5-11-20)18-22-19-30(23-14-8-3-9-15-23)28-25(22)21-12-6-2-7-13-21/h1-15,18-19H,16-17H2. The molecule has 4 nitrogen and oxygen atoms in total. The molecule has 0 bridgehead atoms. The van der Waals surface area contributed by atoms with E-state index in [0.717, 1.165) is 28.9 Å². The van der Waals surface area contributed by atoms with Crippen LogP contribution in [0.1, 0.15) is 11.1 Å². The molecule has 1 saturated heterocycles. The maximum Gasteiger partial charge on any atom is 0.266 e. The Hall–Kier alpha value is -3.48. The van der Waals surface area contributed by atoms with Crippen molar-refractivity contribution >= 4 is 40.3 Å². The smallest absolute Gasteiger partial charge is 0.266 e. The topological polar surface area (TPSA) is 38.1 Å². The molecule has 3 aromatic carbocycles. The molecule has 6 heteroatoms. The molecule has 1 fully saturated rings. The van der Waals surface area contributed by atoms with Crippen LogP contribution in [0.2, 0.25) is 0 Å². The molecule has 5 rings (SSSR count). The number of amides is 1. The van der Waals surface area contributed by atoms with Crippen LogP contribution in [0.25, 0.3) is 23.0 Å². The molecule has 33 heavy (non-hydrogen) atoms. The lowest BCUT2D eigenvalue weighted by Crippen LogP contribution is -2.30. The van der Waals surface area contributed by atoms with Crippen LogP contribution in [0.4, 0.5) is 0 Å². The number of para-hydroxylation sites is 1. The Labute approximate surface area is 202 Å². The number of carbonyl (C=O) groups is 1. The Morgan fingerprint density at radius 1 is 0.879 bits per heavy atom. The third kappa shape index (κ3) is 4.67. The molecule has 1 aromatic heterocycles. The lowest BCUT2D eigenvalue weighted by atomic mass is 10.1. The number of thiocarbonyl (C=S) groups is 1. The van der Waals surface area contributed by atoms with Gasteiger partial charge in [-0.25, -0.2) is 4.68 Å². The van der Waals surface area contributed by atoms with Gasteiger partial charge in [-0.05, 0) is 30.2 Å². The molecule has 162 valence electrons. The zero-order valence-electron chi connectivity index (χ0n) is 17.8. The van der Waals surface area contributed by atoms with Crippen molar-refractivity contribution in [3.8, 4) is 16.9 Å². The van der Waals surface area contributed by atoms with Gasteiger partial charge in [0.1, 0.15) is 4.32 Å². The lowest BCUT2D eigenvalue weighted by Gasteiger charge is -2.14. The van der Waals surface area contributed by atoms with Crippen LogP contribution in [0.5, 0.6) is 0 Å². The first-order valence-electron chi connectivity index (χ1n) is 10.7. The van der Waals surface area contributed by atoms with Gasteiger partial charge in [-0.3, -0.25) is 9.69 Å². The van der Waals surface area contributed by atoms with Crippen LogP contribution in [-0.2, 0) is 11.2 Å². The predicted octanol–water partition coefficient (Wildman–Crippen LogP) is 5.98. The number of hydrogen-bond acceptors (Lipinski definition) is 4.